The molecular formula is C67H49N3. The molecule has 2 aromatic heterocycles. The summed E-state index contributed by atoms with van der Waals surface area (Å²) >= 11 is 0. The predicted octanol–water partition coefficient (Wildman–Crippen LogP) is 17.0. The number of para-hydroxylation sites is 3. The van der Waals surface area contributed by atoms with Gasteiger partial charge in [-0.05, 0) is 137 Å². The van der Waals surface area contributed by atoms with Gasteiger partial charge in [0.05, 0.1) is 33.5 Å². The fourth-order valence-corrected chi connectivity index (χ4v) is 12.3. The Labute approximate surface area is 408 Å². The molecule has 332 valence electrons. The first-order valence-corrected chi connectivity index (χ1v) is 24.8. The Morgan fingerprint density at radius 2 is 1.01 bits per heavy atom. The van der Waals surface area contributed by atoms with Crippen molar-refractivity contribution < 1.29 is 0 Å². The molecule has 0 radical (unpaired) electrons. The highest BCUT2D eigenvalue weighted by atomic mass is 15.2. The first kappa shape index (κ1) is 40.4. The molecule has 1 atom stereocenters. The molecule has 0 saturated heterocycles. The average Bonchev–Trinajstić information content (AvgIpc) is 4.06. The maximum atomic E-state index is 2.58. The summed E-state index contributed by atoms with van der Waals surface area (Å²) < 4.78 is 4.85. The van der Waals surface area contributed by atoms with E-state index in [9.17, 15) is 0 Å². The number of rotatable bonds is 8. The Bertz CT molecular complexity index is 3880. The zero-order valence-corrected chi connectivity index (χ0v) is 38.8. The van der Waals surface area contributed by atoms with Crippen molar-refractivity contribution in [3.8, 4) is 16.8 Å². The molecule has 3 nitrogen and oxygen atoms in total. The zero-order valence-electron chi connectivity index (χ0n) is 38.8. The second-order valence-corrected chi connectivity index (χ2v) is 19.0. The molecule has 3 heteroatoms. The summed E-state index contributed by atoms with van der Waals surface area (Å²) in [5.74, 6) is 0. The Balaban J connectivity index is 0.908. The van der Waals surface area contributed by atoms with Gasteiger partial charge in [0.25, 0.3) is 0 Å². The van der Waals surface area contributed by atoms with Crippen molar-refractivity contribution >= 4 is 66.3 Å². The highest BCUT2D eigenvalue weighted by Crippen LogP contribution is 2.57. The quantitative estimate of drug-likeness (QED) is 0.148. The van der Waals surface area contributed by atoms with Gasteiger partial charge in [-0.25, -0.2) is 0 Å². The van der Waals surface area contributed by atoms with Crippen LogP contribution in [0.1, 0.15) is 47.1 Å². The van der Waals surface area contributed by atoms with Gasteiger partial charge in [-0.3, -0.25) is 0 Å². The molecule has 0 fully saturated rings. The molecule has 11 aromatic rings. The van der Waals surface area contributed by atoms with Crippen LogP contribution >= 0.6 is 0 Å². The van der Waals surface area contributed by atoms with E-state index in [1.807, 2.05) is 0 Å². The number of nitrogens with zero attached hydrogens (tertiary/aromatic N) is 3. The topological polar surface area (TPSA) is 13.1 Å². The van der Waals surface area contributed by atoms with Crippen LogP contribution in [0.25, 0.3) is 71.7 Å². The maximum Gasteiger partial charge on any atom is 0.0714 e. The molecular weight excluding hydrogens is 847 g/mol. The molecule has 0 amide bonds. The lowest BCUT2D eigenvalue weighted by atomic mass is 9.67. The van der Waals surface area contributed by atoms with Gasteiger partial charge < -0.3 is 14.0 Å². The molecule has 0 saturated carbocycles. The van der Waals surface area contributed by atoms with Gasteiger partial charge in [0.15, 0.2) is 0 Å². The van der Waals surface area contributed by atoms with Crippen molar-refractivity contribution in [2.24, 2.45) is 0 Å². The minimum absolute atomic E-state index is 0.0585. The summed E-state index contributed by atoms with van der Waals surface area (Å²) in [7, 11) is 0. The predicted molar refractivity (Wildman–Crippen MR) is 294 cm³/mol. The molecule has 0 aliphatic heterocycles. The van der Waals surface area contributed by atoms with E-state index in [1.165, 1.54) is 99.5 Å². The van der Waals surface area contributed by atoms with Crippen molar-refractivity contribution in [3.63, 3.8) is 0 Å². The smallest absolute Gasteiger partial charge is 0.0714 e. The van der Waals surface area contributed by atoms with E-state index in [0.29, 0.717) is 0 Å². The third-order valence-electron chi connectivity index (χ3n) is 15.3. The third kappa shape index (κ3) is 6.14. The summed E-state index contributed by atoms with van der Waals surface area (Å²) in [6, 6.07) is 81.3. The maximum absolute atomic E-state index is 2.58. The van der Waals surface area contributed by atoms with E-state index in [4.69, 9.17) is 0 Å². The van der Waals surface area contributed by atoms with Gasteiger partial charge in [-0.2, -0.15) is 0 Å². The van der Waals surface area contributed by atoms with E-state index >= 15 is 0 Å². The molecule has 14 rings (SSSR count). The zero-order chi connectivity index (χ0) is 46.2. The Kier molecular flexibility index (Phi) is 9.38. The second kappa shape index (κ2) is 16.3. The number of hydrogen-bond acceptors (Lipinski definition) is 1. The van der Waals surface area contributed by atoms with E-state index in [-0.39, 0.29) is 6.04 Å². The average molecular weight is 896 g/mol. The Morgan fingerprint density at radius 3 is 1.67 bits per heavy atom. The standard InChI is InChI=1S/C67H49N3/c1-4-18-48(19-5-1)67(49-20-6-2-7-21-49)61-28-14-10-24-55(61)56-42-41-54(45-62(56)67)68(52-37-39-53(40-38-52)70-63-29-15-11-25-57(63)58-26-12-16-30-64(58)70)51-35-32-46(33-36-51)47-34-43-66-60(44-47)59-27-13-17-31-65(59)69(66)50-22-8-3-9-23-50/h1-2,4-8,10-35,37-45,51H,3,9,36H2. The Hall–Kier alpha value is -8.66. The number of aromatic nitrogens is 2. The van der Waals surface area contributed by atoms with Crippen LogP contribution in [0.4, 0.5) is 11.4 Å². The first-order valence-electron chi connectivity index (χ1n) is 24.8. The van der Waals surface area contributed by atoms with Crippen LogP contribution in [0.2, 0.25) is 0 Å². The molecule has 0 N–H and O–H groups in total. The molecule has 3 aliphatic rings. The van der Waals surface area contributed by atoms with Gasteiger partial charge in [-0.15, -0.1) is 0 Å². The van der Waals surface area contributed by atoms with Gasteiger partial charge in [-0.1, -0.05) is 182 Å². The largest absolute Gasteiger partial charge is 0.334 e. The molecule has 0 spiro atoms. The normalized spacial score (nSPS) is 15.9. The first-order chi connectivity index (χ1) is 34.7. The van der Waals surface area contributed by atoms with Gasteiger partial charge in [0.2, 0.25) is 0 Å². The van der Waals surface area contributed by atoms with E-state index in [1.54, 1.807) is 0 Å². The molecule has 0 bridgehead atoms. The fourth-order valence-electron chi connectivity index (χ4n) is 12.3. The Morgan fingerprint density at radius 1 is 0.429 bits per heavy atom. The van der Waals surface area contributed by atoms with Crippen LogP contribution in [0.5, 0.6) is 0 Å². The van der Waals surface area contributed by atoms with Gasteiger partial charge >= 0.3 is 0 Å². The van der Waals surface area contributed by atoms with Crippen LogP contribution in [0.15, 0.2) is 255 Å². The molecule has 2 heterocycles. The molecule has 1 unspecified atom stereocenters. The van der Waals surface area contributed by atoms with E-state index in [2.05, 4.69) is 269 Å². The van der Waals surface area contributed by atoms with Gasteiger partial charge in [0, 0.05) is 44.3 Å². The van der Waals surface area contributed by atoms with Crippen LogP contribution in [-0.4, -0.2) is 15.2 Å². The second-order valence-electron chi connectivity index (χ2n) is 19.0. The number of anilines is 2. The highest BCUT2D eigenvalue weighted by molar-refractivity contribution is 6.12. The lowest BCUT2D eigenvalue weighted by Gasteiger charge is -2.36. The van der Waals surface area contributed by atoms with Crippen LogP contribution < -0.4 is 4.90 Å². The molecule has 70 heavy (non-hydrogen) atoms. The van der Waals surface area contributed by atoms with Crippen molar-refractivity contribution in [2.75, 3.05) is 4.90 Å². The summed E-state index contributed by atoms with van der Waals surface area (Å²) in [5.41, 5.74) is 19.4. The number of hydrogen-bond donors (Lipinski definition) is 0. The lowest BCUT2D eigenvalue weighted by molar-refractivity contribution is 0.761. The number of benzene rings is 9. The minimum Gasteiger partial charge on any atom is -0.334 e. The fraction of sp³-hybridized carbons (Fsp3) is 0.0746. The van der Waals surface area contributed by atoms with Crippen LogP contribution in [-0.2, 0) is 5.41 Å². The SMILES string of the molecule is C1=CC(n2c3ccccc3c3cc(C4=CCC(N(c5ccc(-n6c7ccccc7c7ccccc76)cc5)c5ccc6c(c5)C(c5ccccc5)(c5ccccc5)c5ccccc5-6)C=C4)ccc32)=CCC1. The van der Waals surface area contributed by atoms with Crippen molar-refractivity contribution in [1.29, 1.82) is 0 Å². The lowest BCUT2D eigenvalue weighted by Crippen LogP contribution is -2.31. The summed E-state index contributed by atoms with van der Waals surface area (Å²) in [5, 5.41) is 5.10. The summed E-state index contributed by atoms with van der Waals surface area (Å²) in [6.45, 7) is 0. The number of allylic oxidation sites excluding steroid dienone is 6. The molecule has 3 aliphatic carbocycles. The monoisotopic (exact) mass is 895 g/mol. The van der Waals surface area contributed by atoms with Crippen molar-refractivity contribution in [3.05, 3.63) is 283 Å². The van der Waals surface area contributed by atoms with E-state index in [0.717, 1.165) is 30.6 Å². The summed E-state index contributed by atoms with van der Waals surface area (Å²) in [4.78, 5) is 2.58. The highest BCUT2D eigenvalue weighted by Gasteiger charge is 2.46. The number of fused-ring (bicyclic) bond motifs is 9. The van der Waals surface area contributed by atoms with Crippen molar-refractivity contribution in [1.82, 2.24) is 9.13 Å². The van der Waals surface area contributed by atoms with Gasteiger partial charge in [0.1, 0.15) is 0 Å². The van der Waals surface area contributed by atoms with Crippen molar-refractivity contribution in [2.45, 2.75) is 30.7 Å². The third-order valence-corrected chi connectivity index (χ3v) is 15.3. The summed E-state index contributed by atoms with van der Waals surface area (Å²) in [6.07, 6.45) is 17.2. The molecule has 9 aromatic carbocycles. The van der Waals surface area contributed by atoms with E-state index < -0.39 is 5.41 Å². The van der Waals surface area contributed by atoms with Crippen LogP contribution in [0.3, 0.4) is 0 Å². The van der Waals surface area contributed by atoms with Crippen LogP contribution in [0, 0.1) is 0 Å². The minimum atomic E-state index is -0.502.